The van der Waals surface area contributed by atoms with E-state index in [0.717, 1.165) is 60.4 Å². The number of anilines is 2. The fraction of sp³-hybridized carbons (Fsp3) is 0.333. The van der Waals surface area contributed by atoms with Crippen LogP contribution in [0.3, 0.4) is 0 Å². The Bertz CT molecular complexity index is 828. The van der Waals surface area contributed by atoms with E-state index in [-0.39, 0.29) is 0 Å². The number of morpholine rings is 1. The highest BCUT2D eigenvalue weighted by Crippen LogP contribution is 2.31. The molecule has 1 N–H and O–H groups in total. The van der Waals surface area contributed by atoms with Gasteiger partial charge in [0.2, 0.25) is 0 Å². The highest BCUT2D eigenvalue weighted by atomic mass is 32.1. The Balaban J connectivity index is 1.68. The van der Waals surface area contributed by atoms with Crippen LogP contribution in [0.5, 0.6) is 0 Å². The number of nitrogens with one attached hydrogen (secondary N) is 1. The fourth-order valence-corrected chi connectivity index (χ4v) is 3.78. The average molecular weight is 340 g/mol. The number of nitrogens with zero attached hydrogens (tertiary/aromatic N) is 3. The number of ether oxygens (including phenoxy) is 1. The van der Waals surface area contributed by atoms with Crippen LogP contribution >= 0.6 is 11.3 Å². The van der Waals surface area contributed by atoms with Gasteiger partial charge in [-0.2, -0.15) is 0 Å². The molecular formula is C18H20N4OS. The van der Waals surface area contributed by atoms with Crippen molar-refractivity contribution in [3.8, 4) is 0 Å². The SMILES string of the molecule is Cc1csc2c(Nc3ccccc3)nc(CN3CCOCC3)nc12. The standard InChI is InChI=1S/C18H20N4OS/c1-13-12-24-17-16(13)20-15(11-22-7-9-23-10-8-22)21-18(17)19-14-5-3-2-4-6-14/h2-6,12H,7-11H2,1H3,(H,19,20,21). The summed E-state index contributed by atoms with van der Waals surface area (Å²) in [6.07, 6.45) is 0. The Labute approximate surface area is 145 Å². The van der Waals surface area contributed by atoms with Crippen molar-refractivity contribution in [1.29, 1.82) is 0 Å². The zero-order chi connectivity index (χ0) is 16.4. The van der Waals surface area contributed by atoms with Crippen molar-refractivity contribution in [3.63, 3.8) is 0 Å². The molecule has 24 heavy (non-hydrogen) atoms. The van der Waals surface area contributed by atoms with E-state index in [1.165, 1.54) is 5.56 Å². The van der Waals surface area contributed by atoms with E-state index in [9.17, 15) is 0 Å². The second-order valence-corrected chi connectivity index (χ2v) is 6.84. The van der Waals surface area contributed by atoms with Gasteiger partial charge in [-0.05, 0) is 30.0 Å². The third-order valence-corrected chi connectivity index (χ3v) is 5.24. The van der Waals surface area contributed by atoms with Gasteiger partial charge < -0.3 is 10.1 Å². The summed E-state index contributed by atoms with van der Waals surface area (Å²) in [5.74, 6) is 1.76. The van der Waals surface area contributed by atoms with Gasteiger partial charge in [0.1, 0.15) is 5.82 Å². The predicted molar refractivity (Wildman–Crippen MR) is 98.0 cm³/mol. The molecule has 6 heteroatoms. The molecule has 124 valence electrons. The molecule has 0 unspecified atom stereocenters. The Kier molecular flexibility index (Phi) is 4.42. The van der Waals surface area contributed by atoms with Gasteiger partial charge in [-0.1, -0.05) is 18.2 Å². The third-order valence-electron chi connectivity index (χ3n) is 4.14. The first-order chi connectivity index (χ1) is 11.8. The van der Waals surface area contributed by atoms with Crippen LogP contribution < -0.4 is 5.32 Å². The highest BCUT2D eigenvalue weighted by molar-refractivity contribution is 7.18. The summed E-state index contributed by atoms with van der Waals surface area (Å²) in [6, 6.07) is 10.2. The van der Waals surface area contributed by atoms with Gasteiger partial charge in [-0.25, -0.2) is 9.97 Å². The molecule has 1 fully saturated rings. The molecule has 0 aliphatic carbocycles. The first-order valence-electron chi connectivity index (χ1n) is 8.16. The second-order valence-electron chi connectivity index (χ2n) is 5.96. The number of thiophene rings is 1. The molecule has 1 aliphatic heterocycles. The maximum absolute atomic E-state index is 5.42. The number of hydrogen-bond donors (Lipinski definition) is 1. The molecule has 2 aromatic heterocycles. The molecule has 4 rings (SSSR count). The van der Waals surface area contributed by atoms with Crippen LogP contribution in [0.15, 0.2) is 35.7 Å². The van der Waals surface area contributed by atoms with Crippen LogP contribution in [0, 0.1) is 6.92 Å². The topological polar surface area (TPSA) is 50.3 Å². The van der Waals surface area contributed by atoms with Gasteiger partial charge in [0, 0.05) is 18.8 Å². The number of aryl methyl sites for hydroxylation is 1. The smallest absolute Gasteiger partial charge is 0.152 e. The molecule has 0 saturated carbocycles. The Morgan fingerprint density at radius 2 is 1.96 bits per heavy atom. The summed E-state index contributed by atoms with van der Waals surface area (Å²) in [5, 5.41) is 5.60. The minimum Gasteiger partial charge on any atom is -0.379 e. The van der Waals surface area contributed by atoms with Crippen molar-refractivity contribution in [2.75, 3.05) is 31.6 Å². The van der Waals surface area contributed by atoms with Gasteiger partial charge in [0.05, 0.1) is 30.0 Å². The molecule has 3 aromatic rings. The summed E-state index contributed by atoms with van der Waals surface area (Å²) in [5.41, 5.74) is 3.30. The lowest BCUT2D eigenvalue weighted by atomic mass is 10.3. The van der Waals surface area contributed by atoms with Crippen LogP contribution in [-0.4, -0.2) is 41.2 Å². The van der Waals surface area contributed by atoms with E-state index in [1.807, 2.05) is 18.2 Å². The van der Waals surface area contributed by atoms with E-state index in [1.54, 1.807) is 11.3 Å². The minimum atomic E-state index is 0.762. The number of hydrogen-bond acceptors (Lipinski definition) is 6. The van der Waals surface area contributed by atoms with E-state index >= 15 is 0 Å². The molecule has 1 aromatic carbocycles. The number of aromatic nitrogens is 2. The zero-order valence-corrected chi connectivity index (χ0v) is 14.5. The third kappa shape index (κ3) is 3.26. The average Bonchev–Trinajstić information content (AvgIpc) is 2.98. The summed E-state index contributed by atoms with van der Waals surface area (Å²) < 4.78 is 6.54. The van der Waals surface area contributed by atoms with E-state index in [2.05, 4.69) is 34.7 Å². The first-order valence-corrected chi connectivity index (χ1v) is 9.04. The number of fused-ring (bicyclic) bond motifs is 1. The van der Waals surface area contributed by atoms with Gasteiger partial charge in [-0.15, -0.1) is 11.3 Å². The van der Waals surface area contributed by atoms with Crippen LogP contribution in [0.4, 0.5) is 11.5 Å². The minimum absolute atomic E-state index is 0.762. The van der Waals surface area contributed by atoms with E-state index < -0.39 is 0 Å². The lowest BCUT2D eigenvalue weighted by Crippen LogP contribution is -2.36. The maximum Gasteiger partial charge on any atom is 0.152 e. The monoisotopic (exact) mass is 340 g/mol. The number of rotatable bonds is 4. The van der Waals surface area contributed by atoms with Crippen molar-refractivity contribution in [1.82, 2.24) is 14.9 Å². The summed E-state index contributed by atoms with van der Waals surface area (Å²) in [6.45, 7) is 6.31. The molecule has 0 bridgehead atoms. The lowest BCUT2D eigenvalue weighted by Gasteiger charge is -2.25. The van der Waals surface area contributed by atoms with Crippen molar-refractivity contribution in [2.45, 2.75) is 13.5 Å². The normalized spacial score (nSPS) is 15.7. The Morgan fingerprint density at radius 1 is 1.17 bits per heavy atom. The molecule has 1 saturated heterocycles. The van der Waals surface area contributed by atoms with Crippen LogP contribution in [0.2, 0.25) is 0 Å². The largest absolute Gasteiger partial charge is 0.379 e. The van der Waals surface area contributed by atoms with Crippen molar-refractivity contribution in [2.24, 2.45) is 0 Å². The molecule has 0 atom stereocenters. The van der Waals surface area contributed by atoms with Crippen LogP contribution in [-0.2, 0) is 11.3 Å². The van der Waals surface area contributed by atoms with E-state index in [0.29, 0.717) is 0 Å². The molecule has 0 radical (unpaired) electrons. The summed E-state index contributed by atoms with van der Waals surface area (Å²) >= 11 is 1.69. The van der Waals surface area contributed by atoms with Crippen molar-refractivity contribution in [3.05, 3.63) is 47.1 Å². The molecule has 3 heterocycles. The number of para-hydroxylation sites is 1. The number of benzene rings is 1. The molecular weight excluding hydrogens is 320 g/mol. The van der Waals surface area contributed by atoms with Crippen LogP contribution in [0.25, 0.3) is 10.2 Å². The molecule has 0 amide bonds. The van der Waals surface area contributed by atoms with Gasteiger partial charge in [0.25, 0.3) is 0 Å². The van der Waals surface area contributed by atoms with Crippen LogP contribution in [0.1, 0.15) is 11.4 Å². The van der Waals surface area contributed by atoms with Gasteiger partial charge in [-0.3, -0.25) is 4.90 Å². The lowest BCUT2D eigenvalue weighted by molar-refractivity contribution is 0.0331. The molecule has 5 nitrogen and oxygen atoms in total. The summed E-state index contributed by atoms with van der Waals surface area (Å²) in [7, 11) is 0. The van der Waals surface area contributed by atoms with Gasteiger partial charge >= 0.3 is 0 Å². The fourth-order valence-electron chi connectivity index (χ4n) is 2.85. The molecule has 0 spiro atoms. The highest BCUT2D eigenvalue weighted by Gasteiger charge is 2.16. The van der Waals surface area contributed by atoms with Crippen molar-refractivity contribution < 1.29 is 4.74 Å². The second kappa shape index (κ2) is 6.84. The summed E-state index contributed by atoms with van der Waals surface area (Å²) in [4.78, 5) is 12.0. The quantitative estimate of drug-likeness (QED) is 0.787. The molecule has 1 aliphatic rings. The maximum atomic E-state index is 5.42. The zero-order valence-electron chi connectivity index (χ0n) is 13.7. The first kappa shape index (κ1) is 15.5. The predicted octanol–water partition coefficient (Wildman–Crippen LogP) is 3.58. The Hall–Kier alpha value is -2.02. The van der Waals surface area contributed by atoms with E-state index in [4.69, 9.17) is 14.7 Å². The Morgan fingerprint density at radius 3 is 2.75 bits per heavy atom. The van der Waals surface area contributed by atoms with Crippen molar-refractivity contribution >= 4 is 33.1 Å². The van der Waals surface area contributed by atoms with Gasteiger partial charge in [0.15, 0.2) is 5.82 Å².